The van der Waals surface area contributed by atoms with E-state index in [2.05, 4.69) is 20.2 Å². The zero-order chi connectivity index (χ0) is 11.4. The molecule has 0 aromatic carbocycles. The maximum Gasteiger partial charge on any atom is 0.158 e. The van der Waals surface area contributed by atoms with Gasteiger partial charge >= 0.3 is 0 Å². The summed E-state index contributed by atoms with van der Waals surface area (Å²) >= 11 is 0. The van der Waals surface area contributed by atoms with Crippen molar-refractivity contribution in [1.29, 1.82) is 5.26 Å². The first kappa shape index (κ1) is 10.8. The smallest absolute Gasteiger partial charge is 0.158 e. The monoisotopic (exact) mass is 217 g/mol. The van der Waals surface area contributed by atoms with Crippen molar-refractivity contribution in [3.8, 4) is 6.07 Å². The molecule has 1 aliphatic heterocycles. The van der Waals surface area contributed by atoms with E-state index in [4.69, 9.17) is 5.26 Å². The molecule has 1 aliphatic rings. The molecule has 1 aromatic rings. The SMILES string of the molecule is CNCC1CCN(c2cnc(C#N)cn2)C1. The summed E-state index contributed by atoms with van der Waals surface area (Å²) in [6.07, 6.45) is 4.39. The molecule has 2 rings (SSSR count). The average Bonchev–Trinajstić information content (AvgIpc) is 2.78. The summed E-state index contributed by atoms with van der Waals surface area (Å²) in [5.74, 6) is 1.56. The van der Waals surface area contributed by atoms with E-state index in [1.807, 2.05) is 13.1 Å². The van der Waals surface area contributed by atoms with Crippen molar-refractivity contribution in [3.05, 3.63) is 18.1 Å². The van der Waals surface area contributed by atoms with Gasteiger partial charge in [-0.3, -0.25) is 0 Å². The zero-order valence-corrected chi connectivity index (χ0v) is 9.35. The lowest BCUT2D eigenvalue weighted by Crippen LogP contribution is -2.25. The maximum absolute atomic E-state index is 8.63. The number of nitrogens with one attached hydrogen (secondary N) is 1. The van der Waals surface area contributed by atoms with Crippen LogP contribution >= 0.6 is 0 Å². The van der Waals surface area contributed by atoms with E-state index in [1.54, 1.807) is 6.20 Å². The highest BCUT2D eigenvalue weighted by Crippen LogP contribution is 2.20. The second-order valence-electron chi connectivity index (χ2n) is 4.03. The molecule has 1 atom stereocenters. The van der Waals surface area contributed by atoms with Crippen molar-refractivity contribution in [2.75, 3.05) is 31.6 Å². The Morgan fingerprint density at radius 2 is 2.44 bits per heavy atom. The Morgan fingerprint density at radius 1 is 1.56 bits per heavy atom. The molecule has 5 nitrogen and oxygen atoms in total. The third-order valence-electron chi connectivity index (χ3n) is 2.86. The predicted molar refractivity (Wildman–Crippen MR) is 61.0 cm³/mol. The van der Waals surface area contributed by atoms with Gasteiger partial charge in [-0.25, -0.2) is 9.97 Å². The van der Waals surface area contributed by atoms with Gasteiger partial charge in [0.2, 0.25) is 0 Å². The second kappa shape index (κ2) is 4.90. The molecule has 0 bridgehead atoms. The number of nitriles is 1. The molecule has 16 heavy (non-hydrogen) atoms. The quantitative estimate of drug-likeness (QED) is 0.793. The summed E-state index contributed by atoms with van der Waals surface area (Å²) in [4.78, 5) is 10.5. The molecule has 84 valence electrons. The van der Waals surface area contributed by atoms with Crippen LogP contribution in [0.5, 0.6) is 0 Å². The molecule has 5 heteroatoms. The van der Waals surface area contributed by atoms with Gasteiger partial charge in [0, 0.05) is 13.1 Å². The summed E-state index contributed by atoms with van der Waals surface area (Å²) in [6.45, 7) is 3.08. The van der Waals surface area contributed by atoms with Crippen molar-refractivity contribution >= 4 is 5.82 Å². The van der Waals surface area contributed by atoms with Crippen LogP contribution < -0.4 is 10.2 Å². The molecule has 1 unspecified atom stereocenters. The standard InChI is InChI=1S/C11H15N5/c1-13-5-9-2-3-16(8-9)11-7-14-10(4-12)6-15-11/h6-7,9,13H,2-3,5,8H2,1H3. The molecule has 0 spiro atoms. The number of aromatic nitrogens is 2. The molecule has 2 heterocycles. The topological polar surface area (TPSA) is 64.8 Å². The van der Waals surface area contributed by atoms with Gasteiger partial charge in [0.15, 0.2) is 5.69 Å². The van der Waals surface area contributed by atoms with E-state index in [0.717, 1.165) is 25.5 Å². The summed E-state index contributed by atoms with van der Waals surface area (Å²) in [5.41, 5.74) is 0.370. The normalized spacial score (nSPS) is 19.8. The Balaban J connectivity index is 2.00. The van der Waals surface area contributed by atoms with Crippen LogP contribution in [0.15, 0.2) is 12.4 Å². The molecule has 1 N–H and O–H groups in total. The van der Waals surface area contributed by atoms with Crippen LogP contribution in [0.3, 0.4) is 0 Å². The first-order valence-corrected chi connectivity index (χ1v) is 5.45. The number of hydrogen-bond acceptors (Lipinski definition) is 5. The average molecular weight is 217 g/mol. The fourth-order valence-electron chi connectivity index (χ4n) is 2.04. The van der Waals surface area contributed by atoms with Crippen LogP contribution in [0.4, 0.5) is 5.82 Å². The molecular weight excluding hydrogens is 202 g/mol. The van der Waals surface area contributed by atoms with Gasteiger partial charge in [0.05, 0.1) is 12.4 Å². The van der Waals surface area contributed by atoms with Crippen LogP contribution in [0.2, 0.25) is 0 Å². The van der Waals surface area contributed by atoms with Crippen LogP contribution in [0.1, 0.15) is 12.1 Å². The summed E-state index contributed by atoms with van der Waals surface area (Å²) in [5, 5.41) is 11.8. The fraction of sp³-hybridized carbons (Fsp3) is 0.545. The van der Waals surface area contributed by atoms with Gasteiger partial charge in [-0.2, -0.15) is 5.26 Å². The largest absolute Gasteiger partial charge is 0.355 e. The van der Waals surface area contributed by atoms with Crippen LogP contribution in [0.25, 0.3) is 0 Å². The number of rotatable bonds is 3. The third kappa shape index (κ3) is 2.28. The molecular formula is C11H15N5. The highest BCUT2D eigenvalue weighted by Gasteiger charge is 2.22. The number of nitrogens with zero attached hydrogens (tertiary/aromatic N) is 4. The van der Waals surface area contributed by atoms with Crippen LogP contribution in [-0.2, 0) is 0 Å². The van der Waals surface area contributed by atoms with Crippen molar-refractivity contribution in [2.24, 2.45) is 5.92 Å². The minimum absolute atomic E-state index is 0.370. The minimum Gasteiger partial charge on any atom is -0.355 e. The summed E-state index contributed by atoms with van der Waals surface area (Å²) < 4.78 is 0. The minimum atomic E-state index is 0.370. The molecule has 0 radical (unpaired) electrons. The van der Waals surface area contributed by atoms with Crippen molar-refractivity contribution in [1.82, 2.24) is 15.3 Å². The maximum atomic E-state index is 8.63. The van der Waals surface area contributed by atoms with Gasteiger partial charge in [0.1, 0.15) is 11.9 Å². The number of anilines is 1. The molecule has 0 amide bonds. The molecule has 1 aromatic heterocycles. The Hall–Kier alpha value is -1.67. The van der Waals surface area contributed by atoms with Crippen LogP contribution in [0, 0.1) is 17.2 Å². The third-order valence-corrected chi connectivity index (χ3v) is 2.86. The zero-order valence-electron chi connectivity index (χ0n) is 9.35. The van der Waals surface area contributed by atoms with Crippen molar-refractivity contribution in [3.63, 3.8) is 0 Å². The lowest BCUT2D eigenvalue weighted by molar-refractivity contribution is 0.549. The van der Waals surface area contributed by atoms with E-state index in [9.17, 15) is 0 Å². The van der Waals surface area contributed by atoms with Crippen LogP contribution in [-0.4, -0.2) is 36.6 Å². The first-order chi connectivity index (χ1) is 7.83. The highest BCUT2D eigenvalue weighted by molar-refractivity contribution is 5.38. The lowest BCUT2D eigenvalue weighted by atomic mass is 10.1. The Morgan fingerprint density at radius 3 is 3.06 bits per heavy atom. The lowest BCUT2D eigenvalue weighted by Gasteiger charge is -2.16. The van der Waals surface area contributed by atoms with E-state index in [0.29, 0.717) is 11.6 Å². The first-order valence-electron chi connectivity index (χ1n) is 5.45. The molecule has 0 aliphatic carbocycles. The Kier molecular flexibility index (Phi) is 3.32. The van der Waals surface area contributed by atoms with E-state index in [-0.39, 0.29) is 0 Å². The van der Waals surface area contributed by atoms with Gasteiger partial charge in [-0.1, -0.05) is 0 Å². The van der Waals surface area contributed by atoms with Gasteiger partial charge < -0.3 is 10.2 Å². The van der Waals surface area contributed by atoms with Crippen molar-refractivity contribution in [2.45, 2.75) is 6.42 Å². The van der Waals surface area contributed by atoms with E-state index >= 15 is 0 Å². The Bertz CT molecular complexity index is 380. The highest BCUT2D eigenvalue weighted by atomic mass is 15.2. The second-order valence-corrected chi connectivity index (χ2v) is 4.03. The Labute approximate surface area is 95.1 Å². The van der Waals surface area contributed by atoms with E-state index < -0.39 is 0 Å². The predicted octanol–water partition coefficient (Wildman–Crippen LogP) is 0.394. The molecule has 0 saturated carbocycles. The van der Waals surface area contributed by atoms with Gasteiger partial charge in [-0.15, -0.1) is 0 Å². The van der Waals surface area contributed by atoms with Gasteiger partial charge in [-0.05, 0) is 25.9 Å². The van der Waals surface area contributed by atoms with Crippen molar-refractivity contribution < 1.29 is 0 Å². The number of hydrogen-bond donors (Lipinski definition) is 1. The molecule has 1 fully saturated rings. The van der Waals surface area contributed by atoms with Gasteiger partial charge in [0.25, 0.3) is 0 Å². The summed E-state index contributed by atoms with van der Waals surface area (Å²) in [7, 11) is 1.98. The fourth-order valence-corrected chi connectivity index (χ4v) is 2.04. The summed E-state index contributed by atoms with van der Waals surface area (Å²) in [6, 6.07) is 1.97. The molecule has 1 saturated heterocycles. The van der Waals surface area contributed by atoms with E-state index in [1.165, 1.54) is 12.6 Å².